The van der Waals surface area contributed by atoms with E-state index in [9.17, 15) is 0 Å². The molecule has 0 aliphatic heterocycles. The second-order valence-corrected chi connectivity index (χ2v) is 3.46. The number of hydrogen-bond acceptors (Lipinski definition) is 2. The van der Waals surface area contributed by atoms with Crippen LogP contribution in [-0.4, -0.2) is 20.3 Å². The molecule has 1 atom stereocenters. The molecule has 0 heterocycles. The van der Waals surface area contributed by atoms with Crippen LogP contribution in [0.25, 0.3) is 0 Å². The smallest absolute Gasteiger partial charge is 0.0462 e. The van der Waals surface area contributed by atoms with Crippen LogP contribution in [-0.2, 0) is 4.74 Å². The summed E-state index contributed by atoms with van der Waals surface area (Å²) >= 11 is 0. The lowest BCUT2D eigenvalue weighted by atomic mass is 9.83. The van der Waals surface area contributed by atoms with Gasteiger partial charge in [-0.1, -0.05) is 13.8 Å². The molecule has 0 rings (SSSR count). The molecule has 0 saturated heterocycles. The third-order valence-corrected chi connectivity index (χ3v) is 2.48. The van der Waals surface area contributed by atoms with Crippen LogP contribution in [0.3, 0.4) is 0 Å². The van der Waals surface area contributed by atoms with E-state index >= 15 is 0 Å². The quantitative estimate of drug-likeness (QED) is 0.600. The largest absolute Gasteiger partial charge is 0.385 e. The van der Waals surface area contributed by atoms with E-state index in [0.29, 0.717) is 5.41 Å². The molecule has 0 spiro atoms. The Labute approximate surface area is 70.1 Å². The summed E-state index contributed by atoms with van der Waals surface area (Å²) in [4.78, 5) is 0. The summed E-state index contributed by atoms with van der Waals surface area (Å²) in [5.74, 6) is 0. The van der Waals surface area contributed by atoms with Crippen molar-refractivity contribution in [1.82, 2.24) is 0 Å². The fraction of sp³-hybridized carbons (Fsp3) is 1.00. The molecule has 68 valence electrons. The number of rotatable bonds is 6. The summed E-state index contributed by atoms with van der Waals surface area (Å²) in [7, 11) is 1.74. The maximum absolute atomic E-state index is 5.66. The Morgan fingerprint density at radius 2 is 2.09 bits per heavy atom. The predicted octanol–water partition coefficient (Wildman–Crippen LogP) is 1.79. The minimum Gasteiger partial charge on any atom is -0.385 e. The lowest BCUT2D eigenvalue weighted by molar-refractivity contribution is 0.171. The summed E-state index contributed by atoms with van der Waals surface area (Å²) in [5.41, 5.74) is 5.99. The normalized spacial score (nSPS) is 16.4. The van der Waals surface area contributed by atoms with E-state index in [1.165, 1.54) is 6.42 Å². The zero-order valence-electron chi connectivity index (χ0n) is 8.02. The van der Waals surface area contributed by atoms with Gasteiger partial charge >= 0.3 is 0 Å². The van der Waals surface area contributed by atoms with E-state index in [1.807, 2.05) is 0 Å². The van der Waals surface area contributed by atoms with Crippen molar-refractivity contribution in [2.75, 3.05) is 20.3 Å². The maximum Gasteiger partial charge on any atom is 0.0462 e. The molecule has 0 aliphatic carbocycles. The minimum atomic E-state index is 0.332. The van der Waals surface area contributed by atoms with Crippen LogP contribution < -0.4 is 5.73 Å². The van der Waals surface area contributed by atoms with Crippen molar-refractivity contribution in [2.24, 2.45) is 11.1 Å². The first-order valence-corrected chi connectivity index (χ1v) is 4.37. The van der Waals surface area contributed by atoms with Gasteiger partial charge in [0.2, 0.25) is 0 Å². The van der Waals surface area contributed by atoms with E-state index < -0.39 is 0 Å². The molecular formula is C9H21NO. The number of ether oxygens (including phenoxy) is 1. The van der Waals surface area contributed by atoms with Gasteiger partial charge in [0.25, 0.3) is 0 Å². The Balaban J connectivity index is 3.51. The van der Waals surface area contributed by atoms with Gasteiger partial charge in [0, 0.05) is 13.7 Å². The van der Waals surface area contributed by atoms with Crippen LogP contribution in [0, 0.1) is 5.41 Å². The highest BCUT2D eigenvalue weighted by molar-refractivity contribution is 4.72. The summed E-state index contributed by atoms with van der Waals surface area (Å²) in [6, 6.07) is 0. The number of nitrogens with two attached hydrogens (primary N) is 1. The van der Waals surface area contributed by atoms with Crippen LogP contribution >= 0.6 is 0 Å². The maximum atomic E-state index is 5.66. The lowest BCUT2D eigenvalue weighted by Crippen LogP contribution is -2.26. The fourth-order valence-corrected chi connectivity index (χ4v) is 1.07. The Kier molecular flexibility index (Phi) is 5.51. The zero-order valence-corrected chi connectivity index (χ0v) is 8.02. The topological polar surface area (TPSA) is 35.2 Å². The highest BCUT2D eigenvalue weighted by atomic mass is 16.5. The average Bonchev–Trinajstić information content (AvgIpc) is 2.05. The summed E-state index contributed by atoms with van der Waals surface area (Å²) in [6.45, 7) is 6.07. The predicted molar refractivity (Wildman–Crippen MR) is 48.6 cm³/mol. The molecule has 2 N–H and O–H groups in total. The number of methoxy groups -OCH3 is 1. The van der Waals surface area contributed by atoms with Crippen molar-refractivity contribution >= 4 is 0 Å². The lowest BCUT2D eigenvalue weighted by Gasteiger charge is -2.25. The summed E-state index contributed by atoms with van der Waals surface area (Å²) < 4.78 is 4.99. The van der Waals surface area contributed by atoms with Gasteiger partial charge in [0.15, 0.2) is 0 Å². The van der Waals surface area contributed by atoms with Crippen molar-refractivity contribution < 1.29 is 4.74 Å². The van der Waals surface area contributed by atoms with Gasteiger partial charge in [-0.3, -0.25) is 0 Å². The van der Waals surface area contributed by atoms with Crippen LogP contribution in [0.1, 0.15) is 33.1 Å². The molecule has 11 heavy (non-hydrogen) atoms. The molecule has 0 radical (unpaired) electrons. The minimum absolute atomic E-state index is 0.332. The first-order valence-electron chi connectivity index (χ1n) is 4.37. The Hall–Kier alpha value is -0.0800. The van der Waals surface area contributed by atoms with Crippen LogP contribution in [0.15, 0.2) is 0 Å². The van der Waals surface area contributed by atoms with Gasteiger partial charge in [-0.15, -0.1) is 0 Å². The molecule has 0 bridgehead atoms. The second-order valence-electron chi connectivity index (χ2n) is 3.46. The Morgan fingerprint density at radius 1 is 1.45 bits per heavy atom. The van der Waals surface area contributed by atoms with E-state index in [1.54, 1.807) is 7.11 Å². The van der Waals surface area contributed by atoms with Gasteiger partial charge in [-0.05, 0) is 31.2 Å². The van der Waals surface area contributed by atoms with E-state index in [-0.39, 0.29) is 0 Å². The zero-order chi connectivity index (χ0) is 8.74. The molecule has 0 fully saturated rings. The monoisotopic (exact) mass is 159 g/mol. The molecule has 0 amide bonds. The van der Waals surface area contributed by atoms with Crippen molar-refractivity contribution in [3.8, 4) is 0 Å². The third kappa shape index (κ3) is 4.38. The highest BCUT2D eigenvalue weighted by Gasteiger charge is 2.18. The standard InChI is InChI=1S/C9H21NO/c1-4-9(2,8-10)6-5-7-11-3/h4-8,10H2,1-3H3. The van der Waals surface area contributed by atoms with Crippen LogP contribution in [0.2, 0.25) is 0 Å². The van der Waals surface area contributed by atoms with Gasteiger partial charge in [-0.2, -0.15) is 0 Å². The molecular weight excluding hydrogens is 138 g/mol. The van der Waals surface area contributed by atoms with Crippen LogP contribution in [0.4, 0.5) is 0 Å². The molecule has 2 heteroatoms. The number of hydrogen-bond donors (Lipinski definition) is 1. The summed E-state index contributed by atoms with van der Waals surface area (Å²) in [6.07, 6.45) is 3.46. The van der Waals surface area contributed by atoms with E-state index in [0.717, 1.165) is 26.0 Å². The summed E-state index contributed by atoms with van der Waals surface area (Å²) in [5, 5.41) is 0. The van der Waals surface area contributed by atoms with Gasteiger partial charge < -0.3 is 10.5 Å². The molecule has 0 aliphatic rings. The molecule has 2 nitrogen and oxygen atoms in total. The average molecular weight is 159 g/mol. The van der Waals surface area contributed by atoms with E-state index in [4.69, 9.17) is 10.5 Å². The van der Waals surface area contributed by atoms with Gasteiger partial charge in [0.05, 0.1) is 0 Å². The van der Waals surface area contributed by atoms with E-state index in [2.05, 4.69) is 13.8 Å². The first-order chi connectivity index (χ1) is 5.18. The SMILES string of the molecule is CCC(C)(CN)CCCOC. The van der Waals surface area contributed by atoms with Crippen molar-refractivity contribution in [2.45, 2.75) is 33.1 Å². The highest BCUT2D eigenvalue weighted by Crippen LogP contribution is 2.25. The van der Waals surface area contributed by atoms with Crippen molar-refractivity contribution in [3.63, 3.8) is 0 Å². The fourth-order valence-electron chi connectivity index (χ4n) is 1.07. The second kappa shape index (κ2) is 5.56. The third-order valence-electron chi connectivity index (χ3n) is 2.48. The Morgan fingerprint density at radius 3 is 2.45 bits per heavy atom. The molecule has 1 unspecified atom stereocenters. The molecule has 0 aromatic carbocycles. The van der Waals surface area contributed by atoms with Crippen LogP contribution in [0.5, 0.6) is 0 Å². The molecule has 0 aromatic heterocycles. The van der Waals surface area contributed by atoms with Crippen molar-refractivity contribution in [3.05, 3.63) is 0 Å². The Bertz CT molecular complexity index is 89.6. The van der Waals surface area contributed by atoms with Gasteiger partial charge in [0.1, 0.15) is 0 Å². The molecule has 0 saturated carbocycles. The van der Waals surface area contributed by atoms with Crippen molar-refractivity contribution in [1.29, 1.82) is 0 Å². The first kappa shape index (κ1) is 10.9. The molecule has 0 aromatic rings. The van der Waals surface area contributed by atoms with Gasteiger partial charge in [-0.25, -0.2) is 0 Å².